The van der Waals surface area contributed by atoms with Crippen LogP contribution in [0.25, 0.3) is 0 Å². The van der Waals surface area contributed by atoms with Gasteiger partial charge in [0, 0.05) is 12.9 Å². The topological polar surface area (TPSA) is 17.8 Å². The third-order valence-electron chi connectivity index (χ3n) is 3.97. The summed E-state index contributed by atoms with van der Waals surface area (Å²) in [6.07, 6.45) is 2.69. The van der Waals surface area contributed by atoms with E-state index in [-0.39, 0.29) is 0 Å². The Morgan fingerprint density at radius 3 is 2.52 bits per heavy atom. The summed E-state index contributed by atoms with van der Waals surface area (Å²) in [5, 5.41) is 5.29. The summed E-state index contributed by atoms with van der Waals surface area (Å²) in [7, 11) is 1.96. The highest BCUT2D eigenvalue weighted by Crippen LogP contribution is 2.26. The van der Waals surface area contributed by atoms with Gasteiger partial charge in [-0.05, 0) is 43.2 Å². The molecule has 114 valence electrons. The molecule has 1 aromatic carbocycles. The van der Waals surface area contributed by atoms with Crippen molar-refractivity contribution < 1.29 is 0 Å². The Kier molecular flexibility index (Phi) is 5.72. The first kappa shape index (κ1) is 16.4. The highest BCUT2D eigenvalue weighted by molar-refractivity contribution is 6.31. The molecule has 0 saturated heterocycles. The molecule has 0 amide bonds. The zero-order valence-electron chi connectivity index (χ0n) is 12.9. The van der Waals surface area contributed by atoms with E-state index in [1.807, 2.05) is 11.7 Å². The maximum absolute atomic E-state index is 6.44. The number of hydrogen-bond acceptors (Lipinski definition) is 1. The van der Waals surface area contributed by atoms with Gasteiger partial charge in [0.1, 0.15) is 0 Å². The molecule has 2 aromatic rings. The van der Waals surface area contributed by atoms with Gasteiger partial charge in [0.25, 0.3) is 0 Å². The van der Waals surface area contributed by atoms with Gasteiger partial charge in [-0.2, -0.15) is 5.10 Å². The van der Waals surface area contributed by atoms with E-state index in [0.717, 1.165) is 35.7 Å². The first-order valence-corrected chi connectivity index (χ1v) is 8.28. The van der Waals surface area contributed by atoms with E-state index in [2.05, 4.69) is 43.2 Å². The Bertz CT molecular complexity index is 605. The van der Waals surface area contributed by atoms with Gasteiger partial charge in [0.05, 0.1) is 16.4 Å². The largest absolute Gasteiger partial charge is 0.271 e. The molecule has 0 bridgehead atoms. The van der Waals surface area contributed by atoms with Gasteiger partial charge in [0.15, 0.2) is 0 Å². The lowest BCUT2D eigenvalue weighted by molar-refractivity contribution is 0.550. The van der Waals surface area contributed by atoms with E-state index >= 15 is 0 Å². The van der Waals surface area contributed by atoms with E-state index in [1.54, 1.807) is 0 Å². The van der Waals surface area contributed by atoms with E-state index in [0.29, 0.717) is 11.8 Å². The second kappa shape index (κ2) is 7.33. The van der Waals surface area contributed by atoms with Crippen LogP contribution >= 0.6 is 23.2 Å². The minimum absolute atomic E-state index is 0.366. The van der Waals surface area contributed by atoms with Crippen LogP contribution in [0, 0.1) is 12.8 Å². The zero-order chi connectivity index (χ0) is 15.4. The summed E-state index contributed by atoms with van der Waals surface area (Å²) in [6.45, 7) is 4.22. The molecule has 1 heterocycles. The van der Waals surface area contributed by atoms with Crippen LogP contribution in [0.2, 0.25) is 5.02 Å². The van der Waals surface area contributed by atoms with Crippen molar-refractivity contribution in [2.24, 2.45) is 13.0 Å². The lowest BCUT2D eigenvalue weighted by Crippen LogP contribution is -2.13. The number of alkyl halides is 1. The Hall–Kier alpha value is -0.990. The van der Waals surface area contributed by atoms with Crippen molar-refractivity contribution in [2.45, 2.75) is 33.1 Å². The summed E-state index contributed by atoms with van der Waals surface area (Å²) < 4.78 is 1.90. The molecule has 21 heavy (non-hydrogen) atoms. The molecule has 1 atom stereocenters. The first-order chi connectivity index (χ1) is 10.1. The van der Waals surface area contributed by atoms with Crippen LogP contribution in [0.1, 0.15) is 29.4 Å². The van der Waals surface area contributed by atoms with Gasteiger partial charge >= 0.3 is 0 Å². The first-order valence-electron chi connectivity index (χ1n) is 7.37. The average molecular weight is 325 g/mol. The number of halogens is 2. The van der Waals surface area contributed by atoms with Crippen molar-refractivity contribution in [3.63, 3.8) is 0 Å². The van der Waals surface area contributed by atoms with E-state index in [4.69, 9.17) is 23.2 Å². The fourth-order valence-electron chi connectivity index (χ4n) is 2.65. The van der Waals surface area contributed by atoms with Crippen molar-refractivity contribution in [2.75, 3.05) is 5.88 Å². The van der Waals surface area contributed by atoms with Crippen LogP contribution < -0.4 is 0 Å². The minimum atomic E-state index is 0.366. The fourth-order valence-corrected chi connectivity index (χ4v) is 3.24. The van der Waals surface area contributed by atoms with E-state index < -0.39 is 0 Å². The molecule has 4 heteroatoms. The Morgan fingerprint density at radius 1 is 1.24 bits per heavy atom. The molecule has 0 radical (unpaired) electrons. The normalized spacial score (nSPS) is 12.6. The predicted octanol–water partition coefficient (Wildman–Crippen LogP) is 4.58. The van der Waals surface area contributed by atoms with Crippen LogP contribution in [0.4, 0.5) is 0 Å². The number of aromatic nitrogens is 2. The molecule has 0 saturated carbocycles. The van der Waals surface area contributed by atoms with Crippen molar-refractivity contribution in [3.05, 3.63) is 51.8 Å². The van der Waals surface area contributed by atoms with Crippen LogP contribution in [0.3, 0.4) is 0 Å². The molecule has 0 spiro atoms. The Balaban J connectivity index is 2.16. The summed E-state index contributed by atoms with van der Waals surface area (Å²) in [6, 6.07) is 8.48. The van der Waals surface area contributed by atoms with Crippen LogP contribution in [0.5, 0.6) is 0 Å². The summed E-state index contributed by atoms with van der Waals surface area (Å²) in [5.74, 6) is 0.988. The molecule has 1 aromatic heterocycles. The molecule has 0 N–H and O–H groups in total. The second-order valence-corrected chi connectivity index (χ2v) is 6.23. The summed E-state index contributed by atoms with van der Waals surface area (Å²) >= 11 is 12.6. The Labute approximate surface area is 137 Å². The standard InChI is InChI=1S/C17H22Cl2N2/c1-4-15-17(19)16(21(3)20-15)10-13(11-18)9-14-8-6-5-7-12(14)2/h5-8,13H,4,9-11H2,1-3H3. The zero-order valence-corrected chi connectivity index (χ0v) is 14.4. The minimum Gasteiger partial charge on any atom is -0.271 e. The Morgan fingerprint density at radius 2 is 1.95 bits per heavy atom. The van der Waals surface area contributed by atoms with Crippen molar-refractivity contribution in [3.8, 4) is 0 Å². The quantitative estimate of drug-likeness (QED) is 0.711. The SMILES string of the molecule is CCc1nn(C)c(CC(CCl)Cc2ccccc2C)c1Cl. The maximum Gasteiger partial charge on any atom is 0.0849 e. The van der Waals surface area contributed by atoms with Gasteiger partial charge in [0.2, 0.25) is 0 Å². The number of hydrogen-bond donors (Lipinski definition) is 0. The predicted molar refractivity (Wildman–Crippen MR) is 90.4 cm³/mol. The number of nitrogens with zero attached hydrogens (tertiary/aromatic N) is 2. The fraction of sp³-hybridized carbons (Fsp3) is 0.471. The van der Waals surface area contributed by atoms with Gasteiger partial charge in [-0.3, -0.25) is 4.68 Å². The van der Waals surface area contributed by atoms with Gasteiger partial charge in [-0.25, -0.2) is 0 Å². The monoisotopic (exact) mass is 324 g/mol. The molecule has 2 nitrogen and oxygen atoms in total. The highest BCUT2D eigenvalue weighted by atomic mass is 35.5. The molecule has 1 unspecified atom stereocenters. The van der Waals surface area contributed by atoms with Gasteiger partial charge in [-0.1, -0.05) is 42.8 Å². The molecule has 0 aliphatic heterocycles. The third kappa shape index (κ3) is 3.81. The molecule has 0 aliphatic rings. The van der Waals surface area contributed by atoms with Crippen molar-refractivity contribution in [1.82, 2.24) is 9.78 Å². The summed E-state index contributed by atoms with van der Waals surface area (Å²) in [4.78, 5) is 0. The maximum atomic E-state index is 6.44. The molecule has 0 aliphatic carbocycles. The molecule has 2 rings (SSSR count). The second-order valence-electron chi connectivity index (χ2n) is 5.54. The molecular weight excluding hydrogens is 303 g/mol. The summed E-state index contributed by atoms with van der Waals surface area (Å²) in [5.41, 5.74) is 4.74. The highest BCUT2D eigenvalue weighted by Gasteiger charge is 2.18. The van der Waals surface area contributed by atoms with Crippen molar-refractivity contribution in [1.29, 1.82) is 0 Å². The lowest BCUT2D eigenvalue weighted by atomic mass is 9.94. The van der Waals surface area contributed by atoms with Gasteiger partial charge in [-0.15, -0.1) is 11.6 Å². The van der Waals surface area contributed by atoms with Crippen molar-refractivity contribution >= 4 is 23.2 Å². The average Bonchev–Trinajstić information content (AvgIpc) is 2.75. The van der Waals surface area contributed by atoms with Crippen LogP contribution in [-0.4, -0.2) is 15.7 Å². The molecular formula is C17H22Cl2N2. The number of rotatable bonds is 6. The smallest absolute Gasteiger partial charge is 0.0849 e. The van der Waals surface area contributed by atoms with E-state index in [9.17, 15) is 0 Å². The van der Waals surface area contributed by atoms with Crippen LogP contribution in [0.15, 0.2) is 24.3 Å². The number of aryl methyl sites for hydroxylation is 3. The number of benzene rings is 1. The third-order valence-corrected chi connectivity index (χ3v) is 4.85. The van der Waals surface area contributed by atoms with E-state index in [1.165, 1.54) is 11.1 Å². The molecule has 0 fully saturated rings. The lowest BCUT2D eigenvalue weighted by Gasteiger charge is -2.16. The van der Waals surface area contributed by atoms with Gasteiger partial charge < -0.3 is 0 Å². The van der Waals surface area contributed by atoms with Crippen LogP contribution in [-0.2, 0) is 26.3 Å².